The van der Waals surface area contributed by atoms with Crippen molar-refractivity contribution < 1.29 is 27.9 Å². The van der Waals surface area contributed by atoms with Crippen LogP contribution in [0.1, 0.15) is 31.8 Å². The number of thiophene rings is 1. The topological polar surface area (TPSA) is 79.3 Å². The standard InChI is InChI=1S/C21H12ClF3N2O3S/c22-11-5-3-10(4-6-11)13-8-7-12-16(26-13)18(29)15(17(28)14-2-1-9-31-14)19(21(23,24)25)27-20(12)30/h1-9,18,29H,(H,27,30). The molecule has 3 aromatic rings. The van der Waals surface area contributed by atoms with Crippen LogP contribution in [0.3, 0.4) is 0 Å². The summed E-state index contributed by atoms with van der Waals surface area (Å²) < 4.78 is 41.3. The normalized spacial score (nSPS) is 16.5. The number of aliphatic hydroxyl groups excluding tert-OH is 1. The molecule has 158 valence electrons. The third-order valence-electron chi connectivity index (χ3n) is 4.62. The van der Waals surface area contributed by atoms with E-state index in [4.69, 9.17) is 11.6 Å². The van der Waals surface area contributed by atoms with Crippen LogP contribution < -0.4 is 5.32 Å². The van der Waals surface area contributed by atoms with Crippen molar-refractivity contribution in [3.8, 4) is 11.3 Å². The number of aliphatic hydroxyl groups is 1. The summed E-state index contributed by atoms with van der Waals surface area (Å²) in [5, 5.41) is 14.6. The van der Waals surface area contributed by atoms with Gasteiger partial charge in [-0.2, -0.15) is 13.2 Å². The molecule has 0 aliphatic carbocycles. The Kier molecular flexibility index (Phi) is 5.42. The zero-order chi connectivity index (χ0) is 22.3. The minimum absolute atomic E-state index is 0.0117. The van der Waals surface area contributed by atoms with E-state index in [-0.39, 0.29) is 16.1 Å². The first kappa shape index (κ1) is 21.2. The summed E-state index contributed by atoms with van der Waals surface area (Å²) in [5.74, 6) is -2.16. The van der Waals surface area contributed by atoms with Gasteiger partial charge in [-0.25, -0.2) is 4.98 Å². The number of hydrogen-bond donors (Lipinski definition) is 2. The second kappa shape index (κ2) is 7.92. The molecule has 1 aliphatic heterocycles. The summed E-state index contributed by atoms with van der Waals surface area (Å²) in [6.07, 6.45) is -7.16. The maximum absolute atomic E-state index is 13.8. The number of nitrogens with zero attached hydrogens (tertiary/aromatic N) is 1. The predicted molar refractivity (Wildman–Crippen MR) is 109 cm³/mol. The van der Waals surface area contributed by atoms with Gasteiger partial charge in [0.25, 0.3) is 5.91 Å². The van der Waals surface area contributed by atoms with Crippen LogP contribution in [0.2, 0.25) is 5.02 Å². The van der Waals surface area contributed by atoms with Crippen LogP contribution in [-0.4, -0.2) is 28.0 Å². The third-order valence-corrected chi connectivity index (χ3v) is 5.74. The SMILES string of the molecule is O=C(C1=C(C(F)(F)F)NC(=O)c2ccc(-c3ccc(Cl)cc3)nc2C1O)c1cccs1. The van der Waals surface area contributed by atoms with Gasteiger partial charge in [-0.1, -0.05) is 29.8 Å². The van der Waals surface area contributed by atoms with Crippen LogP contribution in [0.25, 0.3) is 11.3 Å². The molecule has 0 fully saturated rings. The zero-order valence-corrected chi connectivity index (χ0v) is 17.0. The van der Waals surface area contributed by atoms with Crippen LogP contribution in [0, 0.1) is 0 Å². The molecule has 3 heterocycles. The van der Waals surface area contributed by atoms with Gasteiger partial charge in [0.05, 0.1) is 27.4 Å². The molecule has 10 heteroatoms. The summed E-state index contributed by atoms with van der Waals surface area (Å²) in [6, 6.07) is 12.0. The summed E-state index contributed by atoms with van der Waals surface area (Å²) in [6.45, 7) is 0. The summed E-state index contributed by atoms with van der Waals surface area (Å²) >= 11 is 6.80. The molecule has 2 aromatic heterocycles. The highest BCUT2D eigenvalue weighted by Crippen LogP contribution is 2.38. The Morgan fingerprint density at radius 3 is 2.45 bits per heavy atom. The van der Waals surface area contributed by atoms with E-state index >= 15 is 0 Å². The Morgan fingerprint density at radius 2 is 1.84 bits per heavy atom. The smallest absolute Gasteiger partial charge is 0.382 e. The largest absolute Gasteiger partial charge is 0.431 e. The van der Waals surface area contributed by atoms with Gasteiger partial charge in [-0.15, -0.1) is 11.3 Å². The van der Waals surface area contributed by atoms with Crippen LogP contribution in [0.5, 0.6) is 0 Å². The maximum atomic E-state index is 13.8. The lowest BCUT2D eigenvalue weighted by atomic mass is 9.96. The van der Waals surface area contributed by atoms with Crippen molar-refractivity contribution in [1.82, 2.24) is 10.3 Å². The molecule has 5 nitrogen and oxygen atoms in total. The summed E-state index contributed by atoms with van der Waals surface area (Å²) in [7, 11) is 0. The van der Waals surface area contributed by atoms with Crippen molar-refractivity contribution in [2.75, 3.05) is 0 Å². The number of carbonyl (C=O) groups is 2. The molecule has 1 unspecified atom stereocenters. The van der Waals surface area contributed by atoms with Gasteiger partial charge in [0.15, 0.2) is 0 Å². The van der Waals surface area contributed by atoms with Gasteiger partial charge in [-0.3, -0.25) is 9.59 Å². The van der Waals surface area contributed by atoms with Crippen LogP contribution in [-0.2, 0) is 0 Å². The minimum Gasteiger partial charge on any atom is -0.382 e. The second-order valence-corrected chi connectivity index (χ2v) is 7.97. The van der Waals surface area contributed by atoms with Gasteiger partial charge in [-0.05, 0) is 35.7 Å². The number of hydrogen-bond acceptors (Lipinski definition) is 5. The number of benzene rings is 1. The lowest BCUT2D eigenvalue weighted by molar-refractivity contribution is -0.0973. The fourth-order valence-corrected chi connectivity index (χ4v) is 3.98. The number of amides is 1. The van der Waals surface area contributed by atoms with Gasteiger partial charge in [0.1, 0.15) is 11.8 Å². The van der Waals surface area contributed by atoms with Crippen molar-refractivity contribution in [2.45, 2.75) is 12.3 Å². The van der Waals surface area contributed by atoms with E-state index in [1.807, 2.05) is 0 Å². The van der Waals surface area contributed by atoms with Crippen LogP contribution in [0.15, 0.2) is 65.2 Å². The molecule has 1 aromatic carbocycles. The monoisotopic (exact) mass is 464 g/mol. The minimum atomic E-state index is -5.08. The first-order valence-electron chi connectivity index (χ1n) is 8.82. The van der Waals surface area contributed by atoms with E-state index < -0.39 is 35.2 Å². The van der Waals surface area contributed by atoms with Crippen molar-refractivity contribution >= 4 is 34.6 Å². The Hall–Kier alpha value is -3.01. The molecule has 0 radical (unpaired) electrons. The Balaban J connectivity index is 1.91. The number of carbonyl (C=O) groups excluding carboxylic acids is 2. The molecule has 0 bridgehead atoms. The first-order valence-corrected chi connectivity index (χ1v) is 10.1. The van der Waals surface area contributed by atoms with E-state index in [0.717, 1.165) is 11.3 Å². The molecule has 2 N–H and O–H groups in total. The number of fused-ring (bicyclic) bond motifs is 1. The van der Waals surface area contributed by atoms with Crippen molar-refractivity contribution in [3.63, 3.8) is 0 Å². The summed E-state index contributed by atoms with van der Waals surface area (Å²) in [4.78, 5) is 29.6. The molecule has 0 saturated carbocycles. The highest BCUT2D eigenvalue weighted by molar-refractivity contribution is 7.12. The molecule has 1 amide bonds. The predicted octanol–water partition coefficient (Wildman–Crippen LogP) is 4.94. The molecule has 0 spiro atoms. The molecule has 1 aliphatic rings. The fraction of sp³-hybridized carbons (Fsp3) is 0.0952. The van der Waals surface area contributed by atoms with E-state index in [2.05, 4.69) is 4.98 Å². The maximum Gasteiger partial charge on any atom is 0.431 e. The number of rotatable bonds is 3. The number of aromatic nitrogens is 1. The Morgan fingerprint density at radius 1 is 1.13 bits per heavy atom. The zero-order valence-electron chi connectivity index (χ0n) is 15.4. The molecular weight excluding hydrogens is 453 g/mol. The lowest BCUT2D eigenvalue weighted by Gasteiger charge is -2.18. The average molecular weight is 465 g/mol. The van der Waals surface area contributed by atoms with Gasteiger partial charge >= 0.3 is 6.18 Å². The average Bonchev–Trinajstić information content (AvgIpc) is 3.24. The number of halogens is 4. The quantitative estimate of drug-likeness (QED) is 0.538. The molecule has 4 rings (SSSR count). The van der Waals surface area contributed by atoms with Crippen LogP contribution >= 0.6 is 22.9 Å². The molecule has 1 atom stereocenters. The van der Waals surface area contributed by atoms with Crippen LogP contribution in [0.4, 0.5) is 13.2 Å². The number of ketones is 1. The van der Waals surface area contributed by atoms with Gasteiger partial charge < -0.3 is 10.4 Å². The fourth-order valence-electron chi connectivity index (χ4n) is 3.18. The highest BCUT2D eigenvalue weighted by Gasteiger charge is 2.45. The highest BCUT2D eigenvalue weighted by atomic mass is 35.5. The number of alkyl halides is 3. The van der Waals surface area contributed by atoms with Gasteiger partial charge in [0.2, 0.25) is 5.78 Å². The van der Waals surface area contributed by atoms with E-state index in [1.54, 1.807) is 29.6 Å². The molecular formula is C21H12ClF3N2O3S. The summed E-state index contributed by atoms with van der Waals surface area (Å²) in [5.41, 5.74) is -2.34. The molecule has 0 saturated heterocycles. The van der Waals surface area contributed by atoms with Gasteiger partial charge in [0, 0.05) is 10.6 Å². The Bertz CT molecular complexity index is 1210. The number of nitrogens with one attached hydrogen (secondary N) is 1. The molecule has 31 heavy (non-hydrogen) atoms. The lowest BCUT2D eigenvalue weighted by Crippen LogP contribution is -2.33. The van der Waals surface area contributed by atoms with Crippen molar-refractivity contribution in [3.05, 3.63) is 86.3 Å². The van der Waals surface area contributed by atoms with E-state index in [1.165, 1.54) is 29.6 Å². The Labute approximate surface area is 182 Å². The van der Waals surface area contributed by atoms with E-state index in [9.17, 15) is 27.9 Å². The third kappa shape index (κ3) is 3.99. The van der Waals surface area contributed by atoms with Crippen molar-refractivity contribution in [2.24, 2.45) is 0 Å². The first-order chi connectivity index (χ1) is 14.7. The number of Topliss-reactive ketones (excluding diaryl/α,β-unsaturated/α-hetero) is 1. The second-order valence-electron chi connectivity index (χ2n) is 6.59. The number of pyridine rings is 1. The number of allylic oxidation sites excluding steroid dienone is 1. The van der Waals surface area contributed by atoms with Crippen molar-refractivity contribution in [1.29, 1.82) is 0 Å². The van der Waals surface area contributed by atoms with E-state index in [0.29, 0.717) is 16.3 Å².